The Morgan fingerprint density at radius 3 is 2.80 bits per heavy atom. The van der Waals surface area contributed by atoms with Crippen LogP contribution in [0.3, 0.4) is 0 Å². The average molecular weight is 291 g/mol. The summed E-state index contributed by atoms with van der Waals surface area (Å²) in [5.74, 6) is 0.942. The van der Waals surface area contributed by atoms with Crippen molar-refractivity contribution >= 4 is 27.5 Å². The lowest BCUT2D eigenvalue weighted by Gasteiger charge is -2.11. The van der Waals surface area contributed by atoms with Crippen molar-refractivity contribution in [1.82, 2.24) is 0 Å². The van der Waals surface area contributed by atoms with Gasteiger partial charge in [0.25, 0.3) is 0 Å². The molecular formula is C10H9BrClNO2. The third-order valence-corrected chi connectivity index (χ3v) is 2.65. The quantitative estimate of drug-likeness (QED) is 0.800. The minimum absolute atomic E-state index is 0.0518. The fourth-order valence-electron chi connectivity index (χ4n) is 1.09. The molecule has 0 aliphatic carbocycles. The minimum Gasteiger partial charge on any atom is -0.493 e. The SMILES string of the molecule is COc1cc(CBr)cc(Cl)c1OCC#N. The summed E-state index contributed by atoms with van der Waals surface area (Å²) in [6.45, 7) is -0.0518. The molecule has 0 N–H and O–H groups in total. The van der Waals surface area contributed by atoms with Gasteiger partial charge in [-0.2, -0.15) is 5.26 Å². The number of hydrogen-bond acceptors (Lipinski definition) is 3. The summed E-state index contributed by atoms with van der Waals surface area (Å²) in [6, 6.07) is 5.46. The molecule has 0 amide bonds. The van der Waals surface area contributed by atoms with E-state index in [0.29, 0.717) is 21.9 Å². The topological polar surface area (TPSA) is 42.2 Å². The Bertz CT molecular complexity index is 390. The summed E-state index contributed by atoms with van der Waals surface area (Å²) >= 11 is 9.32. The Morgan fingerprint density at radius 1 is 1.53 bits per heavy atom. The highest BCUT2D eigenvalue weighted by Crippen LogP contribution is 2.36. The third kappa shape index (κ3) is 3.01. The predicted octanol–water partition coefficient (Wildman–Crippen LogP) is 3.15. The smallest absolute Gasteiger partial charge is 0.181 e. The van der Waals surface area contributed by atoms with Gasteiger partial charge in [-0.3, -0.25) is 0 Å². The van der Waals surface area contributed by atoms with E-state index in [4.69, 9.17) is 26.3 Å². The number of ether oxygens (including phenoxy) is 2. The predicted molar refractivity (Wildman–Crippen MR) is 61.7 cm³/mol. The number of rotatable bonds is 4. The van der Waals surface area contributed by atoms with Crippen molar-refractivity contribution < 1.29 is 9.47 Å². The lowest BCUT2D eigenvalue weighted by atomic mass is 10.2. The Balaban J connectivity index is 3.08. The van der Waals surface area contributed by atoms with Gasteiger partial charge in [0, 0.05) is 5.33 Å². The van der Waals surface area contributed by atoms with Crippen LogP contribution in [0, 0.1) is 11.3 Å². The summed E-state index contributed by atoms with van der Waals surface area (Å²) in [5.41, 5.74) is 0.987. The van der Waals surface area contributed by atoms with Crippen LogP contribution >= 0.6 is 27.5 Å². The van der Waals surface area contributed by atoms with Gasteiger partial charge in [-0.15, -0.1) is 0 Å². The molecule has 0 aliphatic heterocycles. The van der Waals surface area contributed by atoms with E-state index in [2.05, 4.69) is 15.9 Å². The second-order valence-corrected chi connectivity index (χ2v) is 3.66. The molecular weight excluding hydrogens is 281 g/mol. The zero-order valence-electron chi connectivity index (χ0n) is 8.09. The summed E-state index contributed by atoms with van der Waals surface area (Å²) < 4.78 is 10.3. The van der Waals surface area contributed by atoms with Crippen molar-refractivity contribution in [3.8, 4) is 17.6 Å². The summed E-state index contributed by atoms with van der Waals surface area (Å²) in [7, 11) is 1.53. The third-order valence-electron chi connectivity index (χ3n) is 1.72. The van der Waals surface area contributed by atoms with Crippen LogP contribution in [0.2, 0.25) is 5.02 Å². The molecule has 5 heteroatoms. The van der Waals surface area contributed by atoms with Gasteiger partial charge in [0.05, 0.1) is 12.1 Å². The summed E-state index contributed by atoms with van der Waals surface area (Å²) in [6.07, 6.45) is 0. The molecule has 0 fully saturated rings. The molecule has 1 rings (SSSR count). The van der Waals surface area contributed by atoms with Crippen molar-refractivity contribution in [3.63, 3.8) is 0 Å². The highest BCUT2D eigenvalue weighted by molar-refractivity contribution is 9.08. The van der Waals surface area contributed by atoms with Gasteiger partial charge in [0.1, 0.15) is 6.07 Å². The number of benzene rings is 1. The molecule has 0 spiro atoms. The van der Waals surface area contributed by atoms with Crippen LogP contribution in [0.15, 0.2) is 12.1 Å². The Morgan fingerprint density at radius 2 is 2.27 bits per heavy atom. The van der Waals surface area contributed by atoms with Crippen LogP contribution in [-0.4, -0.2) is 13.7 Å². The van der Waals surface area contributed by atoms with Crippen LogP contribution in [-0.2, 0) is 5.33 Å². The van der Waals surface area contributed by atoms with Crippen molar-refractivity contribution in [1.29, 1.82) is 5.26 Å². The number of nitriles is 1. The van der Waals surface area contributed by atoms with Gasteiger partial charge >= 0.3 is 0 Å². The molecule has 15 heavy (non-hydrogen) atoms. The van der Waals surface area contributed by atoms with E-state index in [1.807, 2.05) is 12.1 Å². The van der Waals surface area contributed by atoms with Crippen LogP contribution < -0.4 is 9.47 Å². The number of nitrogens with zero attached hydrogens (tertiary/aromatic N) is 1. The number of halogens is 2. The number of methoxy groups -OCH3 is 1. The van der Waals surface area contributed by atoms with E-state index in [-0.39, 0.29) is 6.61 Å². The molecule has 0 unspecified atom stereocenters. The zero-order valence-corrected chi connectivity index (χ0v) is 10.4. The van der Waals surface area contributed by atoms with Crippen molar-refractivity contribution in [2.45, 2.75) is 5.33 Å². The molecule has 0 aliphatic rings. The zero-order chi connectivity index (χ0) is 11.3. The van der Waals surface area contributed by atoms with Gasteiger partial charge < -0.3 is 9.47 Å². The molecule has 0 radical (unpaired) electrons. The molecule has 80 valence electrons. The van der Waals surface area contributed by atoms with Crippen LogP contribution in [0.1, 0.15) is 5.56 Å². The first-order valence-electron chi connectivity index (χ1n) is 4.15. The van der Waals surface area contributed by atoms with E-state index in [1.165, 1.54) is 7.11 Å². The van der Waals surface area contributed by atoms with Crippen LogP contribution in [0.25, 0.3) is 0 Å². The highest BCUT2D eigenvalue weighted by Gasteiger charge is 2.11. The van der Waals surface area contributed by atoms with Crippen molar-refractivity contribution in [2.24, 2.45) is 0 Å². The van der Waals surface area contributed by atoms with Crippen molar-refractivity contribution in [2.75, 3.05) is 13.7 Å². The van der Waals surface area contributed by atoms with Gasteiger partial charge in [-0.25, -0.2) is 0 Å². The normalized spacial score (nSPS) is 9.47. The first-order valence-corrected chi connectivity index (χ1v) is 5.65. The lowest BCUT2D eigenvalue weighted by Crippen LogP contribution is -1.98. The first kappa shape index (κ1) is 12.2. The fourth-order valence-corrected chi connectivity index (χ4v) is 1.71. The first-order chi connectivity index (χ1) is 7.22. The molecule has 1 aromatic rings. The number of hydrogen-bond donors (Lipinski definition) is 0. The molecule has 0 atom stereocenters. The minimum atomic E-state index is -0.0518. The fraction of sp³-hybridized carbons (Fsp3) is 0.300. The second-order valence-electron chi connectivity index (χ2n) is 2.69. The van der Waals surface area contributed by atoms with Crippen LogP contribution in [0.4, 0.5) is 0 Å². The molecule has 0 bridgehead atoms. The second kappa shape index (κ2) is 5.84. The molecule has 0 heterocycles. The molecule has 0 saturated heterocycles. The highest BCUT2D eigenvalue weighted by atomic mass is 79.9. The maximum Gasteiger partial charge on any atom is 0.181 e. The Hall–Kier alpha value is -0.920. The maximum absolute atomic E-state index is 8.42. The van der Waals surface area contributed by atoms with E-state index in [1.54, 1.807) is 6.07 Å². The van der Waals surface area contributed by atoms with E-state index in [9.17, 15) is 0 Å². The Kier molecular flexibility index (Phi) is 4.73. The number of alkyl halides is 1. The summed E-state index contributed by atoms with van der Waals surface area (Å²) in [4.78, 5) is 0. The maximum atomic E-state index is 8.42. The van der Waals surface area contributed by atoms with Gasteiger partial charge in [-0.1, -0.05) is 27.5 Å². The van der Waals surface area contributed by atoms with Gasteiger partial charge in [0.2, 0.25) is 0 Å². The molecule has 0 aromatic heterocycles. The van der Waals surface area contributed by atoms with E-state index in [0.717, 1.165) is 5.56 Å². The van der Waals surface area contributed by atoms with E-state index < -0.39 is 0 Å². The van der Waals surface area contributed by atoms with E-state index >= 15 is 0 Å². The Labute approximate surface area is 102 Å². The molecule has 1 aromatic carbocycles. The largest absolute Gasteiger partial charge is 0.493 e. The van der Waals surface area contributed by atoms with Crippen molar-refractivity contribution in [3.05, 3.63) is 22.7 Å². The monoisotopic (exact) mass is 289 g/mol. The molecule has 0 saturated carbocycles. The van der Waals surface area contributed by atoms with Gasteiger partial charge in [-0.05, 0) is 17.7 Å². The lowest BCUT2D eigenvalue weighted by molar-refractivity contribution is 0.329. The van der Waals surface area contributed by atoms with Crippen LogP contribution in [0.5, 0.6) is 11.5 Å². The summed E-state index contributed by atoms with van der Waals surface area (Å²) in [5, 5.41) is 9.54. The van der Waals surface area contributed by atoms with Gasteiger partial charge in [0.15, 0.2) is 18.1 Å². The molecule has 3 nitrogen and oxygen atoms in total. The average Bonchev–Trinajstić information content (AvgIpc) is 2.26. The standard InChI is InChI=1S/C10H9BrClNO2/c1-14-9-5-7(6-11)4-8(12)10(9)15-3-2-13/h4-5H,3,6H2,1H3.